The zero-order chi connectivity index (χ0) is 10.7. The van der Waals surface area contributed by atoms with Gasteiger partial charge in [0.1, 0.15) is 12.4 Å². The van der Waals surface area contributed by atoms with Crippen molar-refractivity contribution in [2.24, 2.45) is 11.8 Å². The van der Waals surface area contributed by atoms with E-state index in [1.54, 1.807) is 0 Å². The third kappa shape index (κ3) is 2.83. The van der Waals surface area contributed by atoms with Gasteiger partial charge in [0.05, 0.1) is 13.1 Å². The van der Waals surface area contributed by atoms with Gasteiger partial charge in [-0.2, -0.15) is 0 Å². The molecule has 2 heteroatoms. The Morgan fingerprint density at radius 1 is 1.27 bits per heavy atom. The van der Waals surface area contributed by atoms with Gasteiger partial charge in [-0.15, -0.1) is 0 Å². The molecule has 15 heavy (non-hydrogen) atoms. The molecular weight excluding hydrogens is 184 g/mol. The van der Waals surface area contributed by atoms with Crippen LogP contribution in [-0.4, -0.2) is 4.57 Å². The number of aryl methyl sites for hydroxylation is 1. The summed E-state index contributed by atoms with van der Waals surface area (Å²) in [6.45, 7) is 6.87. The van der Waals surface area contributed by atoms with Crippen LogP contribution in [0, 0.1) is 11.8 Å². The summed E-state index contributed by atoms with van der Waals surface area (Å²) in [4.78, 5) is 0. The molecule has 0 aliphatic heterocycles. The molecule has 2 nitrogen and oxygen atoms in total. The van der Waals surface area contributed by atoms with Crippen LogP contribution in [0.3, 0.4) is 0 Å². The molecule has 0 N–H and O–H groups in total. The molecule has 1 aliphatic rings. The highest BCUT2D eigenvalue weighted by atomic mass is 15.1. The van der Waals surface area contributed by atoms with E-state index in [0.717, 1.165) is 18.4 Å². The summed E-state index contributed by atoms with van der Waals surface area (Å²) < 4.78 is 4.59. The van der Waals surface area contributed by atoms with Crippen molar-refractivity contribution >= 4 is 0 Å². The van der Waals surface area contributed by atoms with Crippen LogP contribution in [0.1, 0.15) is 39.5 Å². The Kier molecular flexibility index (Phi) is 3.45. The highest BCUT2D eigenvalue weighted by Crippen LogP contribution is 2.28. The van der Waals surface area contributed by atoms with Crippen molar-refractivity contribution in [3.63, 3.8) is 0 Å². The lowest BCUT2D eigenvalue weighted by Gasteiger charge is -2.24. The first-order valence-electron chi connectivity index (χ1n) is 6.32. The summed E-state index contributed by atoms with van der Waals surface area (Å²) in [6, 6.07) is 0. The molecule has 0 amide bonds. The summed E-state index contributed by atoms with van der Waals surface area (Å²) in [5.74, 6) is 1.88. The minimum atomic E-state index is 0.916. The van der Waals surface area contributed by atoms with E-state index in [0.29, 0.717) is 0 Å². The summed E-state index contributed by atoms with van der Waals surface area (Å²) in [7, 11) is 0. The van der Waals surface area contributed by atoms with Crippen molar-refractivity contribution in [1.29, 1.82) is 0 Å². The van der Waals surface area contributed by atoms with Crippen LogP contribution in [0.5, 0.6) is 0 Å². The van der Waals surface area contributed by atoms with Crippen molar-refractivity contribution in [1.82, 2.24) is 4.57 Å². The number of rotatable bonds is 3. The lowest BCUT2D eigenvalue weighted by Crippen LogP contribution is -2.36. The van der Waals surface area contributed by atoms with Crippen molar-refractivity contribution < 1.29 is 4.57 Å². The average Bonchev–Trinajstić information content (AvgIpc) is 2.69. The molecule has 2 rings (SSSR count). The number of nitrogens with zero attached hydrogens (tertiary/aromatic N) is 2. The fourth-order valence-corrected chi connectivity index (χ4v) is 2.54. The van der Waals surface area contributed by atoms with Gasteiger partial charge in [-0.3, -0.25) is 0 Å². The van der Waals surface area contributed by atoms with E-state index in [2.05, 4.69) is 41.7 Å². The Morgan fingerprint density at radius 3 is 2.60 bits per heavy atom. The smallest absolute Gasteiger partial charge is 0.237 e. The largest absolute Gasteiger partial charge is 0.243 e. The lowest BCUT2D eigenvalue weighted by atomic mass is 9.83. The van der Waals surface area contributed by atoms with Crippen molar-refractivity contribution in [2.45, 2.75) is 52.6 Å². The van der Waals surface area contributed by atoms with Gasteiger partial charge >= 0.3 is 0 Å². The Balaban J connectivity index is 1.86. The van der Waals surface area contributed by atoms with E-state index < -0.39 is 0 Å². The fourth-order valence-electron chi connectivity index (χ4n) is 2.54. The first kappa shape index (κ1) is 10.7. The molecule has 0 saturated heterocycles. The van der Waals surface area contributed by atoms with Crippen LogP contribution in [0.15, 0.2) is 18.7 Å². The number of aromatic nitrogens is 2. The molecule has 0 aromatic carbocycles. The lowest BCUT2D eigenvalue weighted by molar-refractivity contribution is -0.703. The van der Waals surface area contributed by atoms with E-state index in [1.165, 1.54) is 32.2 Å². The zero-order valence-electron chi connectivity index (χ0n) is 10.0. The second kappa shape index (κ2) is 4.82. The van der Waals surface area contributed by atoms with E-state index in [-0.39, 0.29) is 0 Å². The molecule has 0 atom stereocenters. The number of hydrogen-bond donors (Lipinski definition) is 0. The molecule has 0 spiro atoms. The number of imidazole rings is 1. The predicted molar refractivity (Wildman–Crippen MR) is 61.4 cm³/mol. The summed E-state index contributed by atoms with van der Waals surface area (Å²) in [5.41, 5.74) is 0. The minimum absolute atomic E-state index is 0.916. The van der Waals surface area contributed by atoms with Gasteiger partial charge in [-0.1, -0.05) is 19.8 Å². The van der Waals surface area contributed by atoms with Crippen molar-refractivity contribution in [2.75, 3.05) is 0 Å². The third-order valence-electron chi connectivity index (χ3n) is 3.72. The fraction of sp³-hybridized carbons (Fsp3) is 0.769. The molecule has 1 saturated carbocycles. The Hall–Kier alpha value is -0.790. The first-order chi connectivity index (χ1) is 7.28. The van der Waals surface area contributed by atoms with Crippen LogP contribution in [0.2, 0.25) is 0 Å². The van der Waals surface area contributed by atoms with Gasteiger partial charge in [0.15, 0.2) is 0 Å². The normalized spacial score (nSPS) is 26.8. The Labute approximate surface area is 92.9 Å². The standard InChI is InChI=1S/C13H23N2/c1-3-14-8-9-15(11-14)10-13-6-4-12(2)5-7-13/h8-9,11-13H,3-7,10H2,1-2H3/q+1. The highest BCUT2D eigenvalue weighted by Gasteiger charge is 2.20. The van der Waals surface area contributed by atoms with Gasteiger partial charge in [0.25, 0.3) is 0 Å². The van der Waals surface area contributed by atoms with Gasteiger partial charge in [-0.05, 0) is 31.6 Å². The highest BCUT2D eigenvalue weighted by molar-refractivity contribution is 4.69. The summed E-state index contributed by atoms with van der Waals surface area (Å²) in [5, 5.41) is 0. The third-order valence-corrected chi connectivity index (χ3v) is 3.72. The van der Waals surface area contributed by atoms with Crippen LogP contribution in [0.4, 0.5) is 0 Å². The van der Waals surface area contributed by atoms with Gasteiger partial charge in [-0.25, -0.2) is 9.13 Å². The Bertz CT molecular complexity index is 295. The molecular formula is C13H23N2+. The molecule has 84 valence electrons. The van der Waals surface area contributed by atoms with Crippen LogP contribution in [0.25, 0.3) is 0 Å². The molecule has 0 bridgehead atoms. The van der Waals surface area contributed by atoms with E-state index in [9.17, 15) is 0 Å². The van der Waals surface area contributed by atoms with Gasteiger partial charge in [0, 0.05) is 0 Å². The average molecular weight is 207 g/mol. The second-order valence-corrected chi connectivity index (χ2v) is 5.07. The Morgan fingerprint density at radius 2 is 2.00 bits per heavy atom. The van der Waals surface area contributed by atoms with E-state index in [1.807, 2.05) is 0 Å². The molecule has 1 heterocycles. The maximum Gasteiger partial charge on any atom is 0.243 e. The SMILES string of the molecule is CCn1cc[n+](CC2CCC(C)CC2)c1. The van der Waals surface area contributed by atoms with Crippen LogP contribution < -0.4 is 4.57 Å². The zero-order valence-corrected chi connectivity index (χ0v) is 10.0. The monoisotopic (exact) mass is 207 g/mol. The van der Waals surface area contributed by atoms with Crippen molar-refractivity contribution in [3.8, 4) is 0 Å². The van der Waals surface area contributed by atoms with Crippen LogP contribution in [-0.2, 0) is 13.1 Å². The molecule has 1 aromatic rings. The van der Waals surface area contributed by atoms with Crippen LogP contribution >= 0.6 is 0 Å². The predicted octanol–water partition coefficient (Wildman–Crippen LogP) is 2.62. The minimum Gasteiger partial charge on any atom is -0.237 e. The van der Waals surface area contributed by atoms with Crippen molar-refractivity contribution in [3.05, 3.63) is 18.7 Å². The topological polar surface area (TPSA) is 8.81 Å². The van der Waals surface area contributed by atoms with E-state index in [4.69, 9.17) is 0 Å². The van der Waals surface area contributed by atoms with Gasteiger partial charge in [0.2, 0.25) is 6.33 Å². The first-order valence-corrected chi connectivity index (χ1v) is 6.32. The number of hydrogen-bond acceptors (Lipinski definition) is 0. The van der Waals surface area contributed by atoms with Gasteiger partial charge < -0.3 is 0 Å². The molecule has 0 radical (unpaired) electrons. The maximum absolute atomic E-state index is 2.39. The summed E-state index contributed by atoms with van der Waals surface area (Å²) in [6.07, 6.45) is 12.3. The quantitative estimate of drug-likeness (QED) is 0.674. The van der Waals surface area contributed by atoms with E-state index >= 15 is 0 Å². The maximum atomic E-state index is 2.39. The molecule has 1 fully saturated rings. The molecule has 0 unspecified atom stereocenters. The summed E-state index contributed by atoms with van der Waals surface area (Å²) >= 11 is 0. The molecule has 1 aromatic heterocycles. The second-order valence-electron chi connectivity index (χ2n) is 5.07. The molecule has 1 aliphatic carbocycles.